The molecule has 0 amide bonds. The van der Waals surface area contributed by atoms with Crippen LogP contribution in [0.15, 0.2) is 59.1 Å². The second kappa shape index (κ2) is 9.96. The molecule has 2 heterocycles. The van der Waals surface area contributed by atoms with Crippen LogP contribution in [0.2, 0.25) is 0 Å². The second-order valence-corrected chi connectivity index (χ2v) is 7.07. The minimum Gasteiger partial charge on any atom is -0.383 e. The lowest BCUT2D eigenvalue weighted by Crippen LogP contribution is -2.34. The van der Waals surface area contributed by atoms with Gasteiger partial charge < -0.3 is 10.1 Å². The zero-order valence-corrected chi connectivity index (χ0v) is 16.6. The van der Waals surface area contributed by atoms with Gasteiger partial charge in [-0.15, -0.1) is 11.3 Å². The fourth-order valence-electron chi connectivity index (χ4n) is 2.45. The minimum atomic E-state index is 0.456. The summed E-state index contributed by atoms with van der Waals surface area (Å²) in [7, 11) is 1.65. The lowest BCUT2D eigenvalue weighted by atomic mass is 10.2. The van der Waals surface area contributed by atoms with E-state index in [9.17, 15) is 0 Å². The fourth-order valence-corrected chi connectivity index (χ4v) is 3.34. The molecule has 0 saturated carbocycles. The highest BCUT2D eigenvalue weighted by Crippen LogP contribution is 2.26. The number of rotatable bonds is 8. The molecule has 2 aromatic heterocycles. The Kier molecular flexibility index (Phi) is 7.09. The number of aromatic nitrogens is 2. The van der Waals surface area contributed by atoms with Crippen LogP contribution in [0.1, 0.15) is 11.1 Å². The number of hydrogen-bond acceptors (Lipinski definition) is 5. The number of hydrazone groups is 1. The number of benzene rings is 1. The third-order valence-electron chi connectivity index (χ3n) is 3.69. The van der Waals surface area contributed by atoms with Gasteiger partial charge in [0.05, 0.1) is 24.2 Å². The van der Waals surface area contributed by atoms with Crippen LogP contribution < -0.4 is 10.7 Å². The Labute approximate surface area is 167 Å². The van der Waals surface area contributed by atoms with Gasteiger partial charge in [0.25, 0.3) is 0 Å². The number of nitrogens with one attached hydrogen (secondary N) is 2. The highest BCUT2D eigenvalue weighted by molar-refractivity contribution is 7.80. The Hall–Kier alpha value is -2.55. The average Bonchev–Trinajstić information content (AvgIpc) is 3.33. The molecule has 0 aliphatic rings. The molecule has 0 saturated heterocycles. The number of methoxy groups -OCH3 is 1. The van der Waals surface area contributed by atoms with Crippen molar-refractivity contribution in [3.8, 4) is 10.6 Å². The number of thiocarbonyl (C=S) groups is 1. The van der Waals surface area contributed by atoms with Gasteiger partial charge in [-0.25, -0.2) is 0 Å². The first kappa shape index (κ1) is 19.2. The summed E-state index contributed by atoms with van der Waals surface area (Å²) in [6.07, 6.45) is 3.74. The van der Waals surface area contributed by atoms with Crippen molar-refractivity contribution >= 4 is 34.9 Å². The lowest BCUT2D eigenvalue weighted by molar-refractivity contribution is 0.204. The third kappa shape index (κ3) is 5.72. The molecule has 8 heteroatoms. The van der Waals surface area contributed by atoms with Crippen molar-refractivity contribution in [1.29, 1.82) is 0 Å². The van der Waals surface area contributed by atoms with E-state index in [1.807, 2.05) is 40.5 Å². The molecule has 140 valence electrons. The molecule has 3 aromatic rings. The van der Waals surface area contributed by atoms with Crippen LogP contribution in [-0.2, 0) is 11.3 Å². The summed E-state index contributed by atoms with van der Waals surface area (Å²) in [5, 5.41) is 14.5. The zero-order valence-electron chi connectivity index (χ0n) is 15.0. The maximum absolute atomic E-state index is 5.18. The van der Waals surface area contributed by atoms with Crippen LogP contribution in [0.5, 0.6) is 0 Å². The number of ether oxygens (including phenoxy) is 1. The zero-order chi connectivity index (χ0) is 18.9. The molecule has 27 heavy (non-hydrogen) atoms. The molecular weight excluding hydrogens is 378 g/mol. The van der Waals surface area contributed by atoms with Crippen LogP contribution in [0.25, 0.3) is 10.6 Å². The molecule has 0 bridgehead atoms. The van der Waals surface area contributed by atoms with Gasteiger partial charge in [-0.2, -0.15) is 10.2 Å². The molecule has 0 unspecified atom stereocenters. The standard InChI is InChI=1S/C19H21N5OS2/c1-25-10-9-20-19(26)22-21-12-16-14-24(13-15-6-3-2-4-7-15)23-18(16)17-8-5-11-27-17/h2-8,11-12,14H,9-10,13H2,1H3,(H2,20,22,26). The van der Waals surface area contributed by atoms with Crippen molar-refractivity contribution in [2.75, 3.05) is 20.3 Å². The molecule has 6 nitrogen and oxygen atoms in total. The predicted octanol–water partition coefficient (Wildman–Crippen LogP) is 3.10. The van der Waals surface area contributed by atoms with Crippen molar-refractivity contribution in [3.63, 3.8) is 0 Å². The van der Waals surface area contributed by atoms with E-state index in [2.05, 4.69) is 34.0 Å². The van der Waals surface area contributed by atoms with Crippen molar-refractivity contribution in [2.24, 2.45) is 5.10 Å². The molecule has 0 spiro atoms. The van der Waals surface area contributed by atoms with Crippen LogP contribution >= 0.6 is 23.6 Å². The van der Waals surface area contributed by atoms with E-state index >= 15 is 0 Å². The van der Waals surface area contributed by atoms with Crippen molar-refractivity contribution in [1.82, 2.24) is 20.5 Å². The van der Waals surface area contributed by atoms with Crippen molar-refractivity contribution < 1.29 is 4.74 Å². The first-order valence-electron chi connectivity index (χ1n) is 8.47. The molecule has 1 aromatic carbocycles. The van der Waals surface area contributed by atoms with Gasteiger partial charge in [0.15, 0.2) is 5.11 Å². The molecule has 0 atom stereocenters. The summed E-state index contributed by atoms with van der Waals surface area (Å²) >= 11 is 6.83. The Morgan fingerprint density at radius 2 is 2.15 bits per heavy atom. The monoisotopic (exact) mass is 399 g/mol. The van der Waals surface area contributed by atoms with Gasteiger partial charge in [-0.3, -0.25) is 10.1 Å². The highest BCUT2D eigenvalue weighted by Gasteiger charge is 2.11. The van der Waals surface area contributed by atoms with E-state index in [0.29, 0.717) is 24.8 Å². The molecular formula is C19H21N5OS2. The number of thiophene rings is 1. The van der Waals surface area contributed by atoms with Crippen LogP contribution in [0.4, 0.5) is 0 Å². The van der Waals surface area contributed by atoms with Crippen LogP contribution in [0, 0.1) is 0 Å². The van der Waals surface area contributed by atoms with Crippen molar-refractivity contribution in [2.45, 2.75) is 6.54 Å². The maximum atomic E-state index is 5.18. The molecule has 3 rings (SSSR count). The molecule has 0 radical (unpaired) electrons. The Balaban J connectivity index is 1.72. The van der Waals surface area contributed by atoms with Crippen LogP contribution in [-0.4, -0.2) is 41.4 Å². The van der Waals surface area contributed by atoms with Gasteiger partial charge in [-0.1, -0.05) is 36.4 Å². The maximum Gasteiger partial charge on any atom is 0.187 e. The summed E-state index contributed by atoms with van der Waals surface area (Å²) in [4.78, 5) is 1.10. The third-order valence-corrected chi connectivity index (χ3v) is 4.81. The highest BCUT2D eigenvalue weighted by atomic mass is 32.1. The SMILES string of the molecule is COCCNC(=S)NN=Cc1cn(Cc2ccccc2)nc1-c1cccs1. The first-order chi connectivity index (χ1) is 13.3. The number of nitrogens with zero attached hydrogens (tertiary/aromatic N) is 3. The summed E-state index contributed by atoms with van der Waals surface area (Å²) in [5.74, 6) is 0. The van der Waals surface area contributed by atoms with Gasteiger partial charge in [-0.05, 0) is 29.2 Å². The normalized spacial score (nSPS) is 11.0. The Morgan fingerprint density at radius 3 is 2.89 bits per heavy atom. The Bertz CT molecular complexity index is 875. The first-order valence-corrected chi connectivity index (χ1v) is 9.76. The molecule has 0 fully saturated rings. The molecule has 0 aliphatic carbocycles. The largest absolute Gasteiger partial charge is 0.383 e. The number of hydrogen-bond donors (Lipinski definition) is 2. The fraction of sp³-hybridized carbons (Fsp3) is 0.211. The van der Waals surface area contributed by atoms with E-state index < -0.39 is 0 Å². The summed E-state index contributed by atoms with van der Waals surface area (Å²) in [5.41, 5.74) is 5.86. The summed E-state index contributed by atoms with van der Waals surface area (Å²) in [6.45, 7) is 1.92. The van der Waals surface area contributed by atoms with Crippen LogP contribution in [0.3, 0.4) is 0 Å². The van der Waals surface area contributed by atoms with Gasteiger partial charge >= 0.3 is 0 Å². The lowest BCUT2D eigenvalue weighted by Gasteiger charge is -2.05. The summed E-state index contributed by atoms with van der Waals surface area (Å²) in [6, 6.07) is 14.3. The van der Waals surface area contributed by atoms with Gasteiger partial charge in [0.1, 0.15) is 5.69 Å². The summed E-state index contributed by atoms with van der Waals surface area (Å²) < 4.78 is 6.91. The van der Waals surface area contributed by atoms with E-state index in [4.69, 9.17) is 22.1 Å². The van der Waals surface area contributed by atoms with E-state index in [0.717, 1.165) is 16.1 Å². The van der Waals surface area contributed by atoms with Gasteiger partial charge in [0.2, 0.25) is 0 Å². The van der Waals surface area contributed by atoms with E-state index in [1.165, 1.54) is 5.56 Å². The van der Waals surface area contributed by atoms with E-state index in [1.54, 1.807) is 24.7 Å². The minimum absolute atomic E-state index is 0.456. The smallest absolute Gasteiger partial charge is 0.187 e. The molecule has 0 aliphatic heterocycles. The second-order valence-electron chi connectivity index (χ2n) is 5.71. The van der Waals surface area contributed by atoms with E-state index in [-0.39, 0.29) is 0 Å². The predicted molar refractivity (Wildman–Crippen MR) is 114 cm³/mol. The van der Waals surface area contributed by atoms with Gasteiger partial charge in [0, 0.05) is 25.4 Å². The molecule has 2 N–H and O–H groups in total. The quantitative estimate of drug-likeness (QED) is 0.264. The average molecular weight is 400 g/mol. The Morgan fingerprint density at radius 1 is 1.30 bits per heavy atom. The van der Waals surface area contributed by atoms with Crippen molar-refractivity contribution in [3.05, 3.63) is 65.2 Å². The topological polar surface area (TPSA) is 63.5 Å².